The zero-order valence-electron chi connectivity index (χ0n) is 7.92. The van der Waals surface area contributed by atoms with Gasteiger partial charge >= 0.3 is 0 Å². The van der Waals surface area contributed by atoms with Gasteiger partial charge in [-0.05, 0) is 11.6 Å². The first-order chi connectivity index (χ1) is 6.66. The average molecular weight is 196 g/mol. The van der Waals surface area contributed by atoms with E-state index in [4.69, 9.17) is 5.73 Å². The molecule has 1 fully saturated rings. The average Bonchev–Trinajstić information content (AvgIpc) is 2.67. The second-order valence-corrected chi connectivity index (χ2v) is 3.35. The van der Waals surface area contributed by atoms with Crippen molar-refractivity contribution in [3.8, 4) is 0 Å². The third-order valence-corrected chi connectivity index (χ3v) is 2.22. The summed E-state index contributed by atoms with van der Waals surface area (Å²) < 4.78 is 0. The highest BCUT2D eigenvalue weighted by Crippen LogP contribution is 2.10. The summed E-state index contributed by atoms with van der Waals surface area (Å²) in [5.74, 6) is 0.521. The van der Waals surface area contributed by atoms with Crippen molar-refractivity contribution in [1.29, 1.82) is 0 Å². The monoisotopic (exact) mass is 196 g/mol. The minimum atomic E-state index is -0.355. The summed E-state index contributed by atoms with van der Waals surface area (Å²) in [5.41, 5.74) is 5.57. The number of carbonyl (C=O) groups is 1. The predicted molar refractivity (Wildman–Crippen MR) is 46.8 cm³/mol. The largest absolute Gasteiger partial charge is 0.334 e. The molecule has 2 rings (SSSR count). The lowest BCUT2D eigenvalue weighted by atomic mass is 10.3. The van der Waals surface area contributed by atoms with E-state index in [0.29, 0.717) is 25.3 Å². The molecule has 1 saturated heterocycles. The number of nitrogens with two attached hydrogens (primary N) is 1. The minimum Gasteiger partial charge on any atom is -0.334 e. The van der Waals surface area contributed by atoms with Crippen molar-refractivity contribution >= 4 is 5.91 Å². The third-order valence-electron chi connectivity index (χ3n) is 2.22. The van der Waals surface area contributed by atoms with Crippen LogP contribution in [0.25, 0.3) is 0 Å². The van der Waals surface area contributed by atoms with Crippen LogP contribution in [0.3, 0.4) is 0 Å². The number of aryl methyl sites for hydroxylation is 1. The van der Waals surface area contributed by atoms with E-state index in [2.05, 4.69) is 15.4 Å². The van der Waals surface area contributed by atoms with Crippen LogP contribution < -0.4 is 5.73 Å². The van der Waals surface area contributed by atoms with Crippen molar-refractivity contribution in [3.63, 3.8) is 0 Å². The van der Waals surface area contributed by atoms with Gasteiger partial charge in [-0.25, -0.2) is 0 Å². The Hall–Kier alpha value is -1.50. The van der Waals surface area contributed by atoms with Gasteiger partial charge in [0.05, 0.1) is 19.6 Å². The van der Waals surface area contributed by atoms with E-state index in [1.165, 1.54) is 4.80 Å². The SMILES string of the molecule is Cn1nnc(CN2CCC(N)C2=O)n1. The summed E-state index contributed by atoms with van der Waals surface area (Å²) in [7, 11) is 1.69. The molecule has 2 N–H and O–H groups in total. The Bertz CT molecular complexity index is 348. The van der Waals surface area contributed by atoms with E-state index in [9.17, 15) is 4.79 Å². The van der Waals surface area contributed by atoms with Crippen LogP contribution in [0.5, 0.6) is 0 Å². The second-order valence-electron chi connectivity index (χ2n) is 3.35. The fraction of sp³-hybridized carbons (Fsp3) is 0.714. The van der Waals surface area contributed by atoms with E-state index < -0.39 is 0 Å². The summed E-state index contributed by atoms with van der Waals surface area (Å²) in [6, 6.07) is -0.355. The molecule has 0 radical (unpaired) electrons. The fourth-order valence-corrected chi connectivity index (χ4v) is 1.48. The van der Waals surface area contributed by atoms with Crippen molar-refractivity contribution in [3.05, 3.63) is 5.82 Å². The topological polar surface area (TPSA) is 89.9 Å². The fourth-order valence-electron chi connectivity index (χ4n) is 1.48. The van der Waals surface area contributed by atoms with Gasteiger partial charge in [0, 0.05) is 6.54 Å². The highest BCUT2D eigenvalue weighted by atomic mass is 16.2. The molecular weight excluding hydrogens is 184 g/mol. The molecule has 0 spiro atoms. The molecule has 2 heterocycles. The lowest BCUT2D eigenvalue weighted by molar-refractivity contribution is -0.129. The molecule has 1 amide bonds. The van der Waals surface area contributed by atoms with Gasteiger partial charge < -0.3 is 10.6 Å². The van der Waals surface area contributed by atoms with Crippen LogP contribution in [0.2, 0.25) is 0 Å². The van der Waals surface area contributed by atoms with Crippen LogP contribution in [0.15, 0.2) is 0 Å². The molecule has 1 atom stereocenters. The molecule has 0 saturated carbocycles. The van der Waals surface area contributed by atoms with Gasteiger partial charge in [-0.1, -0.05) is 0 Å². The molecule has 14 heavy (non-hydrogen) atoms. The maximum absolute atomic E-state index is 11.4. The molecule has 7 nitrogen and oxygen atoms in total. The molecule has 1 aliphatic rings. The van der Waals surface area contributed by atoms with Gasteiger partial charge in [0.25, 0.3) is 0 Å². The standard InChI is InChI=1S/C7H12N6O/c1-12-10-6(9-11-12)4-13-3-2-5(8)7(13)14/h5H,2-4,8H2,1H3. The molecule has 1 unspecified atom stereocenters. The number of hydrogen-bond acceptors (Lipinski definition) is 5. The van der Waals surface area contributed by atoms with E-state index in [1.54, 1.807) is 11.9 Å². The Morgan fingerprint density at radius 2 is 2.43 bits per heavy atom. The van der Waals surface area contributed by atoms with Crippen LogP contribution in [0.1, 0.15) is 12.2 Å². The Morgan fingerprint density at radius 3 is 2.93 bits per heavy atom. The zero-order valence-corrected chi connectivity index (χ0v) is 7.92. The molecule has 7 heteroatoms. The van der Waals surface area contributed by atoms with Crippen molar-refractivity contribution in [2.75, 3.05) is 6.54 Å². The summed E-state index contributed by atoms with van der Waals surface area (Å²) >= 11 is 0. The van der Waals surface area contributed by atoms with Gasteiger partial charge in [-0.15, -0.1) is 10.2 Å². The molecule has 1 aromatic heterocycles. The molecule has 0 bridgehead atoms. The van der Waals surface area contributed by atoms with Gasteiger partial charge in [-0.3, -0.25) is 4.79 Å². The lowest BCUT2D eigenvalue weighted by Crippen LogP contribution is -2.33. The maximum Gasteiger partial charge on any atom is 0.239 e. The number of aromatic nitrogens is 4. The normalized spacial score (nSPS) is 22.0. The number of likely N-dealkylation sites (tertiary alicyclic amines) is 1. The Labute approximate surface area is 80.9 Å². The zero-order chi connectivity index (χ0) is 10.1. The first-order valence-electron chi connectivity index (χ1n) is 4.44. The van der Waals surface area contributed by atoms with E-state index >= 15 is 0 Å². The van der Waals surface area contributed by atoms with Crippen LogP contribution in [0.4, 0.5) is 0 Å². The highest BCUT2D eigenvalue weighted by Gasteiger charge is 2.29. The van der Waals surface area contributed by atoms with Gasteiger partial charge in [0.1, 0.15) is 0 Å². The molecular formula is C7H12N6O. The second kappa shape index (κ2) is 3.33. The summed E-state index contributed by atoms with van der Waals surface area (Å²) in [6.45, 7) is 1.08. The first kappa shape index (κ1) is 9.07. The predicted octanol–water partition coefficient (Wildman–Crippen LogP) is -1.73. The summed E-state index contributed by atoms with van der Waals surface area (Å²) in [5, 5.41) is 11.5. The van der Waals surface area contributed by atoms with Crippen molar-refractivity contribution in [1.82, 2.24) is 25.1 Å². The van der Waals surface area contributed by atoms with Crippen LogP contribution in [-0.4, -0.2) is 43.6 Å². The molecule has 0 aliphatic carbocycles. The van der Waals surface area contributed by atoms with Crippen molar-refractivity contribution in [2.24, 2.45) is 12.8 Å². The first-order valence-corrected chi connectivity index (χ1v) is 4.44. The highest BCUT2D eigenvalue weighted by molar-refractivity contribution is 5.83. The Kier molecular flexibility index (Phi) is 2.16. The number of amides is 1. The Balaban J connectivity index is 2.02. The van der Waals surface area contributed by atoms with Gasteiger partial charge in [0.15, 0.2) is 5.82 Å². The number of tetrazole rings is 1. The Morgan fingerprint density at radius 1 is 1.64 bits per heavy atom. The molecule has 0 aromatic carbocycles. The van der Waals surface area contributed by atoms with E-state index in [0.717, 1.165) is 0 Å². The number of nitrogens with zero attached hydrogens (tertiary/aromatic N) is 5. The van der Waals surface area contributed by atoms with E-state index in [-0.39, 0.29) is 11.9 Å². The lowest BCUT2D eigenvalue weighted by Gasteiger charge is -2.12. The smallest absolute Gasteiger partial charge is 0.239 e. The van der Waals surface area contributed by atoms with Gasteiger partial charge in [0.2, 0.25) is 5.91 Å². The molecule has 1 aliphatic heterocycles. The molecule has 1 aromatic rings. The minimum absolute atomic E-state index is 0.0301. The summed E-state index contributed by atoms with van der Waals surface area (Å²) in [4.78, 5) is 14.5. The number of hydrogen-bond donors (Lipinski definition) is 1. The van der Waals surface area contributed by atoms with E-state index in [1.807, 2.05) is 0 Å². The van der Waals surface area contributed by atoms with Crippen molar-refractivity contribution in [2.45, 2.75) is 19.0 Å². The number of rotatable bonds is 2. The third kappa shape index (κ3) is 1.58. The van der Waals surface area contributed by atoms with Gasteiger partial charge in [-0.2, -0.15) is 4.80 Å². The van der Waals surface area contributed by atoms with Crippen molar-refractivity contribution < 1.29 is 4.79 Å². The summed E-state index contributed by atoms with van der Waals surface area (Å²) in [6.07, 6.45) is 0.707. The van der Waals surface area contributed by atoms with Crippen LogP contribution in [-0.2, 0) is 18.4 Å². The molecule has 76 valence electrons. The van der Waals surface area contributed by atoms with Crippen LogP contribution >= 0.6 is 0 Å². The van der Waals surface area contributed by atoms with Crippen LogP contribution in [0, 0.1) is 0 Å². The quantitative estimate of drug-likeness (QED) is 0.607. The maximum atomic E-state index is 11.4. The number of carbonyl (C=O) groups excluding carboxylic acids is 1.